The van der Waals surface area contributed by atoms with Gasteiger partial charge in [-0.2, -0.15) is 5.10 Å². The first-order valence-corrected chi connectivity index (χ1v) is 10.8. The Kier molecular flexibility index (Phi) is 8.67. The van der Waals surface area contributed by atoms with Gasteiger partial charge in [-0.25, -0.2) is 22.6 Å². The highest BCUT2D eigenvalue weighted by molar-refractivity contribution is 5.87. The molecular formula is C24H28F3N5O2. The summed E-state index contributed by atoms with van der Waals surface area (Å²) in [6.45, 7) is 5.02. The Morgan fingerprint density at radius 1 is 1.18 bits per heavy atom. The molecule has 1 saturated heterocycles. The molecular weight excluding hydrogens is 447 g/mol. The monoisotopic (exact) mass is 475 g/mol. The smallest absolute Gasteiger partial charge is 0.317 e. The lowest BCUT2D eigenvalue weighted by molar-refractivity contribution is 0.160. The number of hydrogen-bond donors (Lipinski definition) is 2. The van der Waals surface area contributed by atoms with Crippen molar-refractivity contribution < 1.29 is 22.7 Å². The summed E-state index contributed by atoms with van der Waals surface area (Å²) in [6.07, 6.45) is 0.995. The highest BCUT2D eigenvalue weighted by atomic mass is 19.2. The van der Waals surface area contributed by atoms with Gasteiger partial charge in [0.2, 0.25) is 0 Å². The standard InChI is InChI=1S/C13H17F2NO.C11H11FN4O/c1-17-7-6-16-5-4-11(9-16)10-2-3-12(14)13(15)8-10;1-7-9(12)10(14-11(13)17)16(15-7)8-5-3-2-4-6-8/h2-3,8,11H,4-7,9H2,1H3;2-6H,1H3,(H3,13,14,17). The van der Waals surface area contributed by atoms with E-state index in [1.165, 1.54) is 23.7 Å². The summed E-state index contributed by atoms with van der Waals surface area (Å²) in [5, 5.41) is 6.23. The molecule has 1 atom stereocenters. The molecule has 1 fully saturated rings. The van der Waals surface area contributed by atoms with Crippen LogP contribution in [0.25, 0.3) is 5.69 Å². The molecule has 0 radical (unpaired) electrons. The number of carbonyl (C=O) groups is 1. The van der Waals surface area contributed by atoms with Gasteiger partial charge in [-0.15, -0.1) is 0 Å². The lowest BCUT2D eigenvalue weighted by Crippen LogP contribution is -2.24. The molecule has 4 rings (SSSR count). The van der Waals surface area contributed by atoms with Crippen molar-refractivity contribution in [2.45, 2.75) is 19.3 Å². The molecule has 1 unspecified atom stereocenters. The molecule has 182 valence electrons. The second kappa shape index (κ2) is 11.7. The number of benzene rings is 2. The fraction of sp³-hybridized carbons (Fsp3) is 0.333. The minimum Gasteiger partial charge on any atom is -0.383 e. The zero-order chi connectivity index (χ0) is 24.7. The maximum absolute atomic E-state index is 13.7. The van der Waals surface area contributed by atoms with Crippen molar-refractivity contribution in [3.8, 4) is 5.69 Å². The van der Waals surface area contributed by atoms with Gasteiger partial charge in [0, 0.05) is 20.2 Å². The van der Waals surface area contributed by atoms with Crippen LogP contribution in [0.4, 0.5) is 23.8 Å². The molecule has 0 spiro atoms. The molecule has 0 saturated carbocycles. The van der Waals surface area contributed by atoms with Crippen molar-refractivity contribution in [2.75, 3.05) is 38.7 Å². The van der Waals surface area contributed by atoms with E-state index in [-0.39, 0.29) is 11.5 Å². The highest BCUT2D eigenvalue weighted by Crippen LogP contribution is 2.28. The number of nitrogens with one attached hydrogen (secondary N) is 1. The van der Waals surface area contributed by atoms with Crippen LogP contribution in [0.3, 0.4) is 0 Å². The second-order valence-corrected chi connectivity index (χ2v) is 7.94. The third-order valence-corrected chi connectivity index (χ3v) is 5.53. The zero-order valence-electron chi connectivity index (χ0n) is 19.1. The van der Waals surface area contributed by atoms with Gasteiger partial charge in [-0.05, 0) is 55.6 Å². The Labute approximate surface area is 196 Å². The van der Waals surface area contributed by atoms with Crippen LogP contribution in [0.2, 0.25) is 0 Å². The van der Waals surface area contributed by atoms with Crippen molar-refractivity contribution in [2.24, 2.45) is 5.73 Å². The van der Waals surface area contributed by atoms with Crippen LogP contribution in [0.1, 0.15) is 23.6 Å². The number of carbonyl (C=O) groups excluding carboxylic acids is 1. The summed E-state index contributed by atoms with van der Waals surface area (Å²) in [5.41, 5.74) is 6.72. The molecule has 3 aromatic rings. The fourth-order valence-electron chi connectivity index (χ4n) is 3.78. The fourth-order valence-corrected chi connectivity index (χ4v) is 3.78. The topological polar surface area (TPSA) is 85.4 Å². The third kappa shape index (κ3) is 6.36. The molecule has 1 aliphatic heterocycles. The number of methoxy groups -OCH3 is 1. The van der Waals surface area contributed by atoms with E-state index < -0.39 is 23.5 Å². The zero-order valence-corrected chi connectivity index (χ0v) is 19.1. The number of ether oxygens (including phenoxy) is 1. The summed E-state index contributed by atoms with van der Waals surface area (Å²) in [6, 6.07) is 12.3. The maximum Gasteiger partial charge on any atom is 0.317 e. The molecule has 2 aromatic carbocycles. The molecule has 3 N–H and O–H groups in total. The van der Waals surface area contributed by atoms with Crippen molar-refractivity contribution in [3.63, 3.8) is 0 Å². The molecule has 1 aliphatic rings. The van der Waals surface area contributed by atoms with Crippen LogP contribution in [0, 0.1) is 24.4 Å². The number of aromatic nitrogens is 2. The Hall–Kier alpha value is -3.37. The van der Waals surface area contributed by atoms with Crippen LogP contribution in [-0.4, -0.2) is 54.1 Å². The van der Waals surface area contributed by atoms with Crippen LogP contribution in [0.5, 0.6) is 0 Å². The number of primary amides is 1. The van der Waals surface area contributed by atoms with Gasteiger partial charge >= 0.3 is 6.03 Å². The minimum atomic E-state index is -0.832. The predicted molar refractivity (Wildman–Crippen MR) is 123 cm³/mol. The van der Waals surface area contributed by atoms with Gasteiger partial charge in [0.15, 0.2) is 23.3 Å². The first-order chi connectivity index (χ1) is 16.3. The van der Waals surface area contributed by atoms with Gasteiger partial charge in [0.1, 0.15) is 0 Å². The molecule has 34 heavy (non-hydrogen) atoms. The van der Waals surface area contributed by atoms with Gasteiger partial charge in [-0.1, -0.05) is 24.3 Å². The lowest BCUT2D eigenvalue weighted by Gasteiger charge is -2.15. The first-order valence-electron chi connectivity index (χ1n) is 10.8. The molecule has 2 heterocycles. The summed E-state index contributed by atoms with van der Waals surface area (Å²) >= 11 is 0. The summed E-state index contributed by atoms with van der Waals surface area (Å²) < 4.78 is 46.0. The first kappa shape index (κ1) is 25.3. The molecule has 0 bridgehead atoms. The number of likely N-dealkylation sites (tertiary alicyclic amines) is 1. The van der Waals surface area contributed by atoms with E-state index in [0.717, 1.165) is 31.6 Å². The Morgan fingerprint density at radius 3 is 2.56 bits per heavy atom. The molecule has 10 heteroatoms. The molecule has 7 nitrogen and oxygen atoms in total. The van der Waals surface area contributed by atoms with E-state index in [9.17, 15) is 18.0 Å². The molecule has 0 aliphatic carbocycles. The number of aryl methyl sites for hydroxylation is 1. The number of rotatable bonds is 6. The second-order valence-electron chi connectivity index (χ2n) is 7.94. The number of urea groups is 1. The maximum atomic E-state index is 13.7. The van der Waals surface area contributed by atoms with E-state index in [1.54, 1.807) is 37.4 Å². The van der Waals surface area contributed by atoms with Gasteiger partial charge < -0.3 is 15.4 Å². The quantitative estimate of drug-likeness (QED) is 0.559. The van der Waals surface area contributed by atoms with Crippen molar-refractivity contribution in [1.82, 2.24) is 14.7 Å². The van der Waals surface area contributed by atoms with Gasteiger partial charge in [0.05, 0.1) is 18.0 Å². The number of halogens is 3. The highest BCUT2D eigenvalue weighted by Gasteiger charge is 2.24. The van der Waals surface area contributed by atoms with E-state index >= 15 is 0 Å². The predicted octanol–water partition coefficient (Wildman–Crippen LogP) is 4.21. The van der Waals surface area contributed by atoms with Crippen LogP contribution >= 0.6 is 0 Å². The summed E-state index contributed by atoms with van der Waals surface area (Å²) in [4.78, 5) is 13.1. The van der Waals surface area contributed by atoms with Crippen LogP contribution < -0.4 is 11.1 Å². The molecule has 1 aromatic heterocycles. The number of nitrogens with two attached hydrogens (primary N) is 1. The third-order valence-electron chi connectivity index (χ3n) is 5.53. The number of anilines is 1. The van der Waals surface area contributed by atoms with E-state index in [1.807, 2.05) is 6.07 Å². The average Bonchev–Trinajstić information content (AvgIpc) is 3.41. The number of nitrogens with zero attached hydrogens (tertiary/aromatic N) is 3. The SMILES string of the molecule is COCCN1CCC(c2ccc(F)c(F)c2)C1.Cc1nn(-c2ccccc2)c(NC(N)=O)c1F. The summed E-state index contributed by atoms with van der Waals surface area (Å²) in [5.74, 6) is -1.86. The van der Waals surface area contributed by atoms with Crippen LogP contribution in [0.15, 0.2) is 48.5 Å². The van der Waals surface area contributed by atoms with E-state index in [0.29, 0.717) is 18.2 Å². The van der Waals surface area contributed by atoms with Crippen molar-refractivity contribution in [1.29, 1.82) is 0 Å². The van der Waals surface area contributed by atoms with Crippen LogP contribution in [-0.2, 0) is 4.74 Å². The average molecular weight is 476 g/mol. The van der Waals surface area contributed by atoms with Crippen molar-refractivity contribution in [3.05, 3.63) is 77.2 Å². The summed E-state index contributed by atoms with van der Waals surface area (Å²) in [7, 11) is 1.68. The molecule has 2 amide bonds. The van der Waals surface area contributed by atoms with Crippen molar-refractivity contribution >= 4 is 11.8 Å². The van der Waals surface area contributed by atoms with E-state index in [2.05, 4.69) is 15.3 Å². The van der Waals surface area contributed by atoms with Gasteiger partial charge in [-0.3, -0.25) is 5.32 Å². The number of amides is 2. The largest absolute Gasteiger partial charge is 0.383 e. The Balaban J connectivity index is 0.000000191. The number of para-hydroxylation sites is 1. The Bertz CT molecular complexity index is 1110. The van der Waals surface area contributed by atoms with Gasteiger partial charge in [0.25, 0.3) is 0 Å². The lowest BCUT2D eigenvalue weighted by atomic mass is 9.98. The Morgan fingerprint density at radius 2 is 1.91 bits per heavy atom. The number of hydrogen-bond acceptors (Lipinski definition) is 4. The van der Waals surface area contributed by atoms with E-state index in [4.69, 9.17) is 10.5 Å². The minimum absolute atomic E-state index is 0.0544. The normalized spacial score (nSPS) is 15.6.